The smallest absolute Gasteiger partial charge is 0.312 e. The number of rotatable bonds is 5. The molecule has 1 aliphatic heterocycles. The molecule has 0 saturated carbocycles. The number of carbonyl (C=O) groups excluding carboxylic acids is 2. The number of amides is 3. The van der Waals surface area contributed by atoms with Crippen LogP contribution in [0.4, 0.5) is 10.5 Å². The molecule has 28 heavy (non-hydrogen) atoms. The lowest BCUT2D eigenvalue weighted by molar-refractivity contribution is -0.132. The summed E-state index contributed by atoms with van der Waals surface area (Å²) < 4.78 is 0. The van der Waals surface area contributed by atoms with E-state index in [0.717, 1.165) is 18.7 Å². The molecule has 1 atom stereocenters. The van der Waals surface area contributed by atoms with Crippen LogP contribution in [0.2, 0.25) is 0 Å². The van der Waals surface area contributed by atoms with Gasteiger partial charge >= 0.3 is 6.03 Å². The standard InChI is InChI=1S/C22H28N4O2/c1-16-7-6-10-20(17(16)2)25-11-13-26(14-12-25)21(27)15-19(24-22(23)28)18-8-4-3-5-9-18/h3-10,19H,11-15H2,1-2H3,(H3,23,24,28)/t19-/m0/s1. The van der Waals surface area contributed by atoms with Crippen molar-refractivity contribution >= 4 is 17.6 Å². The van der Waals surface area contributed by atoms with Crippen molar-refractivity contribution in [1.82, 2.24) is 10.2 Å². The van der Waals surface area contributed by atoms with Gasteiger partial charge in [-0.3, -0.25) is 4.79 Å². The number of nitrogens with one attached hydrogen (secondary N) is 1. The summed E-state index contributed by atoms with van der Waals surface area (Å²) in [5.74, 6) is 0.0308. The summed E-state index contributed by atoms with van der Waals surface area (Å²) in [6.07, 6.45) is 0.205. The molecular formula is C22H28N4O2. The Morgan fingerprint density at radius 1 is 1.00 bits per heavy atom. The summed E-state index contributed by atoms with van der Waals surface area (Å²) in [5, 5.41) is 2.70. The Morgan fingerprint density at radius 3 is 2.32 bits per heavy atom. The van der Waals surface area contributed by atoms with Gasteiger partial charge in [-0.2, -0.15) is 0 Å². The lowest BCUT2D eigenvalue weighted by atomic mass is 10.0. The monoisotopic (exact) mass is 380 g/mol. The van der Waals surface area contributed by atoms with Crippen LogP contribution in [0, 0.1) is 13.8 Å². The van der Waals surface area contributed by atoms with Crippen LogP contribution in [0.15, 0.2) is 48.5 Å². The van der Waals surface area contributed by atoms with E-state index >= 15 is 0 Å². The Hall–Kier alpha value is -3.02. The number of carbonyl (C=O) groups is 2. The Morgan fingerprint density at radius 2 is 1.68 bits per heavy atom. The molecule has 3 amide bonds. The highest BCUT2D eigenvalue weighted by Gasteiger charge is 2.25. The maximum absolute atomic E-state index is 12.8. The molecule has 0 unspecified atom stereocenters. The van der Waals surface area contributed by atoms with E-state index in [1.807, 2.05) is 35.2 Å². The Bertz CT molecular complexity index is 830. The van der Waals surface area contributed by atoms with Crippen LogP contribution in [0.1, 0.15) is 29.2 Å². The number of urea groups is 1. The summed E-state index contributed by atoms with van der Waals surface area (Å²) in [4.78, 5) is 28.4. The zero-order chi connectivity index (χ0) is 20.1. The number of primary amides is 1. The van der Waals surface area contributed by atoms with Crippen LogP contribution in [0.5, 0.6) is 0 Å². The van der Waals surface area contributed by atoms with Crippen molar-refractivity contribution in [1.29, 1.82) is 0 Å². The molecule has 0 spiro atoms. The van der Waals surface area contributed by atoms with E-state index in [1.165, 1.54) is 16.8 Å². The number of hydrogen-bond donors (Lipinski definition) is 2. The maximum Gasteiger partial charge on any atom is 0.312 e. The average Bonchev–Trinajstić information content (AvgIpc) is 2.70. The molecule has 3 rings (SSSR count). The van der Waals surface area contributed by atoms with Crippen molar-refractivity contribution in [2.24, 2.45) is 5.73 Å². The molecule has 6 nitrogen and oxygen atoms in total. The second-order valence-electron chi connectivity index (χ2n) is 7.26. The van der Waals surface area contributed by atoms with Gasteiger partial charge in [0.2, 0.25) is 5.91 Å². The summed E-state index contributed by atoms with van der Waals surface area (Å²) in [7, 11) is 0. The Labute approximate surface area is 166 Å². The Balaban J connectivity index is 1.62. The molecule has 1 saturated heterocycles. The zero-order valence-corrected chi connectivity index (χ0v) is 16.5. The van der Waals surface area contributed by atoms with Crippen molar-refractivity contribution < 1.29 is 9.59 Å². The van der Waals surface area contributed by atoms with Gasteiger partial charge in [0.05, 0.1) is 12.5 Å². The summed E-state index contributed by atoms with van der Waals surface area (Å²) in [6.45, 7) is 7.20. The van der Waals surface area contributed by atoms with Crippen LogP contribution in [-0.4, -0.2) is 43.0 Å². The quantitative estimate of drug-likeness (QED) is 0.837. The van der Waals surface area contributed by atoms with Crippen LogP contribution >= 0.6 is 0 Å². The predicted octanol–water partition coefficient (Wildman–Crippen LogP) is 2.75. The van der Waals surface area contributed by atoms with Gasteiger partial charge in [0.1, 0.15) is 0 Å². The number of benzene rings is 2. The second-order valence-corrected chi connectivity index (χ2v) is 7.26. The molecule has 1 aliphatic rings. The highest BCUT2D eigenvalue weighted by atomic mass is 16.2. The SMILES string of the molecule is Cc1cccc(N2CCN(C(=O)C[C@H](NC(N)=O)c3ccccc3)CC2)c1C. The van der Waals surface area contributed by atoms with E-state index in [1.54, 1.807) is 0 Å². The molecule has 0 aliphatic carbocycles. The van der Waals surface area contributed by atoms with Crippen molar-refractivity contribution in [3.8, 4) is 0 Å². The molecule has 1 heterocycles. The molecule has 148 valence electrons. The third kappa shape index (κ3) is 4.63. The summed E-state index contributed by atoms with van der Waals surface area (Å²) >= 11 is 0. The molecule has 0 radical (unpaired) electrons. The topological polar surface area (TPSA) is 78.7 Å². The van der Waals surface area contributed by atoms with Gasteiger partial charge in [0.25, 0.3) is 0 Å². The molecule has 2 aromatic rings. The second kappa shape index (κ2) is 8.78. The van der Waals surface area contributed by atoms with Crippen LogP contribution < -0.4 is 16.0 Å². The van der Waals surface area contributed by atoms with Gasteiger partial charge in [0, 0.05) is 31.9 Å². The minimum absolute atomic E-state index is 0.0308. The van der Waals surface area contributed by atoms with Gasteiger partial charge in [0.15, 0.2) is 0 Å². The largest absolute Gasteiger partial charge is 0.368 e. The third-order valence-corrected chi connectivity index (χ3v) is 5.45. The van der Waals surface area contributed by atoms with Crippen molar-refractivity contribution in [2.45, 2.75) is 26.3 Å². The minimum atomic E-state index is -0.624. The number of anilines is 1. The summed E-state index contributed by atoms with van der Waals surface area (Å²) in [5.41, 5.74) is 10.00. The minimum Gasteiger partial charge on any atom is -0.368 e. The van der Waals surface area contributed by atoms with E-state index in [2.05, 4.69) is 42.3 Å². The van der Waals surface area contributed by atoms with E-state index in [-0.39, 0.29) is 12.3 Å². The predicted molar refractivity (Wildman–Crippen MR) is 111 cm³/mol. The van der Waals surface area contributed by atoms with Crippen LogP contribution in [-0.2, 0) is 4.79 Å². The van der Waals surface area contributed by atoms with Gasteiger partial charge in [-0.25, -0.2) is 4.79 Å². The van der Waals surface area contributed by atoms with Gasteiger partial charge < -0.3 is 20.9 Å². The molecule has 6 heteroatoms. The van der Waals surface area contributed by atoms with E-state index in [9.17, 15) is 9.59 Å². The van der Waals surface area contributed by atoms with Gasteiger partial charge in [-0.15, -0.1) is 0 Å². The average molecular weight is 380 g/mol. The molecule has 1 fully saturated rings. The van der Waals surface area contributed by atoms with Crippen LogP contribution in [0.25, 0.3) is 0 Å². The van der Waals surface area contributed by atoms with Crippen LogP contribution in [0.3, 0.4) is 0 Å². The Kier molecular flexibility index (Phi) is 6.19. The van der Waals surface area contributed by atoms with Gasteiger partial charge in [-0.05, 0) is 36.6 Å². The lowest BCUT2D eigenvalue weighted by Crippen LogP contribution is -2.49. The first-order valence-electron chi connectivity index (χ1n) is 9.65. The normalized spacial score (nSPS) is 15.2. The van der Waals surface area contributed by atoms with E-state index in [0.29, 0.717) is 13.1 Å². The number of piperazine rings is 1. The highest BCUT2D eigenvalue weighted by Crippen LogP contribution is 2.24. The molecular weight excluding hydrogens is 352 g/mol. The lowest BCUT2D eigenvalue weighted by Gasteiger charge is -2.37. The number of nitrogens with two attached hydrogens (primary N) is 1. The fraction of sp³-hybridized carbons (Fsp3) is 0.364. The fourth-order valence-electron chi connectivity index (χ4n) is 3.69. The van der Waals surface area contributed by atoms with Crippen molar-refractivity contribution in [2.75, 3.05) is 31.1 Å². The fourth-order valence-corrected chi connectivity index (χ4v) is 3.69. The highest BCUT2D eigenvalue weighted by molar-refractivity contribution is 5.79. The molecule has 3 N–H and O–H groups in total. The molecule has 0 bridgehead atoms. The van der Waals surface area contributed by atoms with Crippen molar-refractivity contribution in [3.63, 3.8) is 0 Å². The van der Waals surface area contributed by atoms with Gasteiger partial charge in [-0.1, -0.05) is 42.5 Å². The number of aryl methyl sites for hydroxylation is 1. The third-order valence-electron chi connectivity index (χ3n) is 5.45. The first-order valence-corrected chi connectivity index (χ1v) is 9.65. The van der Waals surface area contributed by atoms with E-state index in [4.69, 9.17) is 5.73 Å². The first kappa shape index (κ1) is 19.7. The first-order chi connectivity index (χ1) is 13.5. The van der Waals surface area contributed by atoms with Crippen molar-refractivity contribution in [3.05, 3.63) is 65.2 Å². The zero-order valence-electron chi connectivity index (χ0n) is 16.5. The number of nitrogens with zero attached hydrogens (tertiary/aromatic N) is 2. The van der Waals surface area contributed by atoms with E-state index < -0.39 is 12.1 Å². The maximum atomic E-state index is 12.8. The molecule has 0 aromatic heterocycles. The summed E-state index contributed by atoms with van der Waals surface area (Å²) in [6, 6.07) is 14.8. The number of hydrogen-bond acceptors (Lipinski definition) is 3. The molecule has 2 aromatic carbocycles.